The first kappa shape index (κ1) is 11.2. The highest BCUT2D eigenvalue weighted by Crippen LogP contribution is 2.02. The van der Waals surface area contributed by atoms with Gasteiger partial charge < -0.3 is 0 Å². The predicted molar refractivity (Wildman–Crippen MR) is 52.3 cm³/mol. The van der Waals surface area contributed by atoms with Gasteiger partial charge in [0.25, 0.3) is 5.91 Å². The minimum Gasteiger partial charge on any atom is -0.273 e. The van der Waals surface area contributed by atoms with E-state index >= 15 is 0 Å². The van der Waals surface area contributed by atoms with Crippen molar-refractivity contribution in [1.82, 2.24) is 10.9 Å². The number of amides is 2. The molecule has 1 aromatic rings. The molecule has 15 heavy (non-hydrogen) atoms. The van der Waals surface area contributed by atoms with Crippen molar-refractivity contribution < 1.29 is 14.0 Å². The molecule has 0 bridgehead atoms. The molecule has 0 saturated heterocycles. The van der Waals surface area contributed by atoms with Gasteiger partial charge in [0.05, 0.1) is 0 Å². The lowest BCUT2D eigenvalue weighted by atomic mass is 10.2. The minimum atomic E-state index is -0.545. The van der Waals surface area contributed by atoms with Crippen LogP contribution in [-0.2, 0) is 4.79 Å². The number of carbonyl (C=O) groups excluding carboxylic acids is 2. The lowest BCUT2D eigenvalue weighted by Gasteiger charge is -2.05. The Bertz CT molecular complexity index is 379. The van der Waals surface area contributed by atoms with Crippen molar-refractivity contribution >= 4 is 11.8 Å². The highest BCUT2D eigenvalue weighted by molar-refractivity contribution is 5.95. The van der Waals surface area contributed by atoms with Crippen molar-refractivity contribution in [1.29, 1.82) is 0 Å². The van der Waals surface area contributed by atoms with Crippen LogP contribution < -0.4 is 10.9 Å². The maximum Gasteiger partial charge on any atom is 0.269 e. The molecule has 0 atom stereocenters. The number of halogens is 1. The summed E-state index contributed by atoms with van der Waals surface area (Å²) in [6.07, 6.45) is 0.267. The summed E-state index contributed by atoms with van der Waals surface area (Å²) in [5.41, 5.74) is 4.52. The number of hydrazine groups is 1. The molecule has 0 spiro atoms. The molecule has 0 heterocycles. The lowest BCUT2D eigenvalue weighted by Crippen LogP contribution is -2.41. The Kier molecular flexibility index (Phi) is 3.79. The van der Waals surface area contributed by atoms with E-state index in [2.05, 4.69) is 10.9 Å². The van der Waals surface area contributed by atoms with Gasteiger partial charge in [-0.05, 0) is 18.2 Å². The third kappa shape index (κ3) is 3.38. The average molecular weight is 210 g/mol. The van der Waals surface area contributed by atoms with Crippen LogP contribution >= 0.6 is 0 Å². The Morgan fingerprint density at radius 1 is 1.33 bits per heavy atom. The normalized spacial score (nSPS) is 9.47. The van der Waals surface area contributed by atoms with Gasteiger partial charge in [-0.2, -0.15) is 0 Å². The molecule has 0 fully saturated rings. The highest BCUT2D eigenvalue weighted by Gasteiger charge is 2.06. The van der Waals surface area contributed by atoms with Crippen LogP contribution in [0.5, 0.6) is 0 Å². The monoisotopic (exact) mass is 210 g/mol. The Labute approximate surface area is 86.4 Å². The number of carbonyl (C=O) groups is 2. The summed E-state index contributed by atoms with van der Waals surface area (Å²) in [7, 11) is 0. The quantitative estimate of drug-likeness (QED) is 0.715. The summed E-state index contributed by atoms with van der Waals surface area (Å²) in [5, 5.41) is 0. The van der Waals surface area contributed by atoms with Gasteiger partial charge in [-0.25, -0.2) is 4.39 Å². The van der Waals surface area contributed by atoms with Gasteiger partial charge in [0, 0.05) is 12.0 Å². The first-order valence-electron chi connectivity index (χ1n) is 4.48. The van der Waals surface area contributed by atoms with E-state index in [1.807, 2.05) is 0 Å². The van der Waals surface area contributed by atoms with Crippen LogP contribution in [0.25, 0.3) is 0 Å². The number of rotatable bonds is 2. The molecule has 0 radical (unpaired) electrons. The summed E-state index contributed by atoms with van der Waals surface area (Å²) < 4.78 is 12.7. The molecular weight excluding hydrogens is 199 g/mol. The van der Waals surface area contributed by atoms with Crippen LogP contribution in [0.2, 0.25) is 0 Å². The van der Waals surface area contributed by atoms with Crippen molar-refractivity contribution in [3.8, 4) is 0 Å². The molecule has 1 aromatic carbocycles. The minimum absolute atomic E-state index is 0.159. The third-order valence-electron chi connectivity index (χ3n) is 1.72. The second-order valence-corrected chi connectivity index (χ2v) is 2.87. The Hall–Kier alpha value is -1.91. The fourth-order valence-corrected chi connectivity index (χ4v) is 0.917. The number of hydrogen-bond donors (Lipinski definition) is 2. The van der Waals surface area contributed by atoms with Gasteiger partial charge in [0.1, 0.15) is 5.82 Å². The number of hydrogen-bond acceptors (Lipinski definition) is 2. The van der Waals surface area contributed by atoms with Gasteiger partial charge in [-0.15, -0.1) is 0 Å². The van der Waals surface area contributed by atoms with Crippen molar-refractivity contribution in [3.05, 3.63) is 35.6 Å². The zero-order valence-corrected chi connectivity index (χ0v) is 8.21. The van der Waals surface area contributed by atoms with Crippen LogP contribution in [-0.4, -0.2) is 11.8 Å². The van der Waals surface area contributed by atoms with E-state index in [0.717, 1.165) is 6.07 Å². The Morgan fingerprint density at radius 3 is 2.67 bits per heavy atom. The summed E-state index contributed by atoms with van der Waals surface area (Å²) in [4.78, 5) is 22.1. The van der Waals surface area contributed by atoms with Gasteiger partial charge in [0.15, 0.2) is 0 Å². The van der Waals surface area contributed by atoms with Crippen molar-refractivity contribution in [2.45, 2.75) is 13.3 Å². The first-order chi connectivity index (χ1) is 7.13. The summed E-state index contributed by atoms with van der Waals surface area (Å²) in [5.74, 6) is -1.35. The summed E-state index contributed by atoms with van der Waals surface area (Å²) in [6, 6.07) is 5.21. The fourth-order valence-electron chi connectivity index (χ4n) is 0.917. The molecule has 0 aliphatic carbocycles. The van der Waals surface area contributed by atoms with Crippen LogP contribution in [0.3, 0.4) is 0 Å². The second kappa shape index (κ2) is 5.09. The molecule has 1 rings (SSSR count). The molecule has 0 aromatic heterocycles. The molecule has 2 N–H and O–H groups in total. The molecule has 0 aliphatic rings. The van der Waals surface area contributed by atoms with E-state index in [0.29, 0.717) is 0 Å². The Balaban J connectivity index is 2.58. The standard InChI is InChI=1S/C10H11FN2O2/c1-2-9(14)12-13-10(15)7-4-3-5-8(11)6-7/h3-6H,2H2,1H3,(H,12,14)(H,13,15). The lowest BCUT2D eigenvalue weighted by molar-refractivity contribution is -0.121. The smallest absolute Gasteiger partial charge is 0.269 e. The Morgan fingerprint density at radius 2 is 2.07 bits per heavy atom. The third-order valence-corrected chi connectivity index (χ3v) is 1.72. The molecule has 5 heteroatoms. The highest BCUT2D eigenvalue weighted by atomic mass is 19.1. The van der Waals surface area contributed by atoms with Crippen molar-refractivity contribution in [2.75, 3.05) is 0 Å². The van der Waals surface area contributed by atoms with E-state index in [1.165, 1.54) is 18.2 Å². The molecular formula is C10H11FN2O2. The SMILES string of the molecule is CCC(=O)NNC(=O)c1cccc(F)c1. The average Bonchev–Trinajstić information content (AvgIpc) is 2.25. The summed E-state index contributed by atoms with van der Waals surface area (Å²) >= 11 is 0. The maximum absolute atomic E-state index is 12.7. The zero-order valence-electron chi connectivity index (χ0n) is 8.21. The number of nitrogens with one attached hydrogen (secondary N) is 2. The topological polar surface area (TPSA) is 58.2 Å². The van der Waals surface area contributed by atoms with Crippen molar-refractivity contribution in [3.63, 3.8) is 0 Å². The van der Waals surface area contributed by atoms with Gasteiger partial charge >= 0.3 is 0 Å². The number of benzene rings is 1. The van der Waals surface area contributed by atoms with E-state index in [1.54, 1.807) is 6.92 Å². The molecule has 0 aliphatic heterocycles. The first-order valence-corrected chi connectivity index (χ1v) is 4.48. The molecule has 0 unspecified atom stereocenters. The predicted octanol–water partition coefficient (Wildman–Crippen LogP) is 0.997. The van der Waals surface area contributed by atoms with E-state index in [9.17, 15) is 14.0 Å². The molecule has 0 saturated carbocycles. The fraction of sp³-hybridized carbons (Fsp3) is 0.200. The van der Waals surface area contributed by atoms with E-state index in [4.69, 9.17) is 0 Å². The van der Waals surface area contributed by atoms with Crippen LogP contribution in [0.4, 0.5) is 4.39 Å². The van der Waals surface area contributed by atoms with Crippen molar-refractivity contribution in [2.24, 2.45) is 0 Å². The van der Waals surface area contributed by atoms with Gasteiger partial charge in [0.2, 0.25) is 5.91 Å². The molecule has 2 amide bonds. The van der Waals surface area contributed by atoms with Crippen LogP contribution in [0.1, 0.15) is 23.7 Å². The van der Waals surface area contributed by atoms with E-state index in [-0.39, 0.29) is 17.9 Å². The largest absolute Gasteiger partial charge is 0.273 e. The summed E-state index contributed by atoms with van der Waals surface area (Å²) in [6.45, 7) is 1.66. The van der Waals surface area contributed by atoms with E-state index < -0.39 is 11.7 Å². The molecule has 80 valence electrons. The van der Waals surface area contributed by atoms with Gasteiger partial charge in [-0.1, -0.05) is 13.0 Å². The molecule has 4 nitrogen and oxygen atoms in total. The van der Waals surface area contributed by atoms with Crippen LogP contribution in [0.15, 0.2) is 24.3 Å². The second-order valence-electron chi connectivity index (χ2n) is 2.87. The zero-order chi connectivity index (χ0) is 11.3. The van der Waals surface area contributed by atoms with Gasteiger partial charge in [-0.3, -0.25) is 20.4 Å². The maximum atomic E-state index is 12.7. The van der Waals surface area contributed by atoms with Crippen LogP contribution in [0, 0.1) is 5.82 Å².